The first kappa shape index (κ1) is 25.2. The summed E-state index contributed by atoms with van der Waals surface area (Å²) in [5.74, 6) is -1.02. The lowest BCUT2D eigenvalue weighted by Gasteiger charge is -2.38. The summed E-state index contributed by atoms with van der Waals surface area (Å²) in [5.41, 5.74) is 0.901. The normalized spacial score (nSPS) is 17.7. The van der Waals surface area contributed by atoms with Crippen molar-refractivity contribution in [3.05, 3.63) is 65.5 Å². The van der Waals surface area contributed by atoms with Crippen LogP contribution >= 0.6 is 0 Å². The van der Waals surface area contributed by atoms with E-state index < -0.39 is 18.5 Å². The smallest absolute Gasteiger partial charge is 0.338 e. The van der Waals surface area contributed by atoms with Crippen LogP contribution in [0.15, 0.2) is 48.5 Å². The number of hydrogen-bond donors (Lipinski definition) is 0. The Morgan fingerprint density at radius 3 is 2.35 bits per heavy atom. The second kappa shape index (κ2) is 11.6. The maximum absolute atomic E-state index is 13.3. The van der Waals surface area contributed by atoms with E-state index in [9.17, 15) is 18.8 Å². The highest BCUT2D eigenvalue weighted by Crippen LogP contribution is 2.23. The number of hydrogen-bond acceptors (Lipinski definition) is 5. The van der Waals surface area contributed by atoms with Crippen molar-refractivity contribution in [2.24, 2.45) is 0 Å². The molecule has 8 heteroatoms. The molecule has 2 amide bonds. The van der Waals surface area contributed by atoms with Crippen LogP contribution in [-0.4, -0.2) is 59.9 Å². The van der Waals surface area contributed by atoms with E-state index in [0.29, 0.717) is 11.3 Å². The van der Waals surface area contributed by atoms with Gasteiger partial charge < -0.3 is 19.3 Å². The van der Waals surface area contributed by atoms with Crippen molar-refractivity contribution in [2.75, 3.05) is 20.3 Å². The number of amides is 2. The molecule has 0 aromatic heterocycles. The molecule has 3 rings (SSSR count). The number of piperidine rings is 1. The third-order valence-corrected chi connectivity index (χ3v) is 6.00. The molecular weight excluding hydrogens is 439 g/mol. The topological polar surface area (TPSA) is 76.1 Å². The van der Waals surface area contributed by atoms with Crippen LogP contribution < -0.4 is 4.74 Å². The molecule has 2 atom stereocenters. The van der Waals surface area contributed by atoms with Gasteiger partial charge in [-0.1, -0.05) is 12.1 Å². The highest BCUT2D eigenvalue weighted by atomic mass is 19.1. The predicted molar refractivity (Wildman–Crippen MR) is 125 cm³/mol. The van der Waals surface area contributed by atoms with E-state index in [1.165, 1.54) is 29.2 Å². The first-order valence-corrected chi connectivity index (χ1v) is 11.4. The summed E-state index contributed by atoms with van der Waals surface area (Å²) in [6, 6.07) is 12.6. The van der Waals surface area contributed by atoms with Crippen LogP contribution in [0.5, 0.6) is 5.75 Å². The highest BCUT2D eigenvalue weighted by Gasteiger charge is 2.29. The van der Waals surface area contributed by atoms with Gasteiger partial charge in [0.15, 0.2) is 13.2 Å². The molecule has 0 aliphatic carbocycles. The number of likely N-dealkylation sites (N-methyl/N-ethyl adjacent to an activating group) is 1. The van der Waals surface area contributed by atoms with Crippen LogP contribution in [-0.2, 0) is 20.9 Å². The zero-order chi connectivity index (χ0) is 24.7. The fourth-order valence-electron chi connectivity index (χ4n) is 4.14. The summed E-state index contributed by atoms with van der Waals surface area (Å²) in [6.45, 7) is 3.82. The predicted octanol–water partition coefficient (Wildman–Crippen LogP) is 3.81. The van der Waals surface area contributed by atoms with Crippen molar-refractivity contribution in [1.29, 1.82) is 0 Å². The molecule has 1 saturated heterocycles. The number of likely N-dealkylation sites (tertiary alicyclic amines) is 1. The Labute approximate surface area is 199 Å². The second-order valence-corrected chi connectivity index (χ2v) is 8.70. The van der Waals surface area contributed by atoms with E-state index >= 15 is 0 Å². The van der Waals surface area contributed by atoms with E-state index in [0.717, 1.165) is 19.3 Å². The van der Waals surface area contributed by atoms with E-state index in [4.69, 9.17) is 9.47 Å². The number of carbonyl (C=O) groups excluding carboxylic acids is 3. The molecule has 0 saturated carbocycles. The largest absolute Gasteiger partial charge is 0.484 e. The van der Waals surface area contributed by atoms with Crippen molar-refractivity contribution in [1.82, 2.24) is 9.80 Å². The lowest BCUT2D eigenvalue weighted by molar-refractivity contribution is -0.139. The van der Waals surface area contributed by atoms with Gasteiger partial charge in [0, 0.05) is 25.7 Å². The SMILES string of the molecule is CC1CCCC(C)N1C(=O)COc1ccc(C(=O)OCC(=O)N(C)Cc2cccc(F)c2)cc1. The van der Waals surface area contributed by atoms with E-state index in [2.05, 4.69) is 13.8 Å². The van der Waals surface area contributed by atoms with Crippen LogP contribution in [0.3, 0.4) is 0 Å². The minimum Gasteiger partial charge on any atom is -0.484 e. The van der Waals surface area contributed by atoms with Crippen molar-refractivity contribution >= 4 is 17.8 Å². The Kier molecular flexibility index (Phi) is 8.62. The Balaban J connectivity index is 1.45. The molecule has 0 spiro atoms. The van der Waals surface area contributed by atoms with Gasteiger partial charge >= 0.3 is 5.97 Å². The molecule has 2 unspecified atom stereocenters. The van der Waals surface area contributed by atoms with Gasteiger partial charge in [0.25, 0.3) is 11.8 Å². The highest BCUT2D eigenvalue weighted by molar-refractivity contribution is 5.91. The quantitative estimate of drug-likeness (QED) is 0.549. The summed E-state index contributed by atoms with van der Waals surface area (Å²) in [7, 11) is 1.56. The molecule has 2 aromatic carbocycles. The molecule has 1 fully saturated rings. The van der Waals surface area contributed by atoms with Gasteiger partial charge in [0.1, 0.15) is 11.6 Å². The van der Waals surface area contributed by atoms with E-state index in [1.807, 2.05) is 4.90 Å². The number of esters is 1. The average molecular weight is 471 g/mol. The van der Waals surface area contributed by atoms with E-state index in [-0.39, 0.29) is 42.5 Å². The Morgan fingerprint density at radius 1 is 1.03 bits per heavy atom. The number of nitrogens with zero attached hydrogens (tertiary/aromatic N) is 2. The molecule has 0 radical (unpaired) electrons. The molecule has 1 heterocycles. The molecule has 0 bridgehead atoms. The van der Waals surface area contributed by atoms with Crippen molar-refractivity contribution in [2.45, 2.75) is 51.7 Å². The molecule has 34 heavy (non-hydrogen) atoms. The number of benzene rings is 2. The van der Waals surface area contributed by atoms with Gasteiger partial charge in [-0.3, -0.25) is 9.59 Å². The molecule has 1 aliphatic heterocycles. The van der Waals surface area contributed by atoms with E-state index in [1.54, 1.807) is 31.3 Å². The lowest BCUT2D eigenvalue weighted by Crippen LogP contribution is -2.49. The number of ether oxygens (including phenoxy) is 2. The minimum absolute atomic E-state index is 0.0518. The zero-order valence-electron chi connectivity index (χ0n) is 19.8. The van der Waals surface area contributed by atoms with Crippen LogP contribution in [0, 0.1) is 5.82 Å². The zero-order valence-corrected chi connectivity index (χ0v) is 19.8. The lowest BCUT2D eigenvalue weighted by atomic mass is 9.97. The summed E-state index contributed by atoms with van der Waals surface area (Å²) < 4.78 is 24.0. The summed E-state index contributed by atoms with van der Waals surface area (Å²) in [5, 5.41) is 0. The molecule has 0 N–H and O–H groups in total. The molecule has 1 aliphatic rings. The van der Waals surface area contributed by atoms with Crippen LogP contribution in [0.4, 0.5) is 4.39 Å². The van der Waals surface area contributed by atoms with Crippen molar-refractivity contribution < 1.29 is 28.2 Å². The maximum Gasteiger partial charge on any atom is 0.338 e. The first-order chi connectivity index (χ1) is 16.2. The fourth-order valence-corrected chi connectivity index (χ4v) is 4.14. The number of carbonyl (C=O) groups is 3. The molecule has 7 nitrogen and oxygen atoms in total. The first-order valence-electron chi connectivity index (χ1n) is 11.4. The summed E-state index contributed by atoms with van der Waals surface area (Å²) in [4.78, 5) is 40.4. The maximum atomic E-state index is 13.3. The van der Waals surface area contributed by atoms with Gasteiger partial charge in [-0.2, -0.15) is 0 Å². The van der Waals surface area contributed by atoms with Crippen LogP contribution in [0.2, 0.25) is 0 Å². The van der Waals surface area contributed by atoms with Gasteiger partial charge in [0.2, 0.25) is 0 Å². The van der Waals surface area contributed by atoms with Gasteiger partial charge in [0.05, 0.1) is 5.56 Å². The standard InChI is InChI=1S/C26H31FN2O5/c1-18-6-4-7-19(2)29(18)25(31)17-33-23-12-10-21(11-13-23)26(32)34-16-24(30)28(3)15-20-8-5-9-22(27)14-20/h5,8-14,18-19H,4,6-7,15-17H2,1-3H3. The molecular formula is C26H31FN2O5. The average Bonchev–Trinajstić information content (AvgIpc) is 2.81. The number of rotatable bonds is 8. The summed E-state index contributed by atoms with van der Waals surface area (Å²) >= 11 is 0. The molecule has 2 aromatic rings. The summed E-state index contributed by atoms with van der Waals surface area (Å²) in [6.07, 6.45) is 3.12. The Bertz CT molecular complexity index is 1000. The van der Waals surface area contributed by atoms with Crippen LogP contribution in [0.25, 0.3) is 0 Å². The van der Waals surface area contributed by atoms with Gasteiger partial charge in [-0.15, -0.1) is 0 Å². The monoisotopic (exact) mass is 470 g/mol. The van der Waals surface area contributed by atoms with Crippen LogP contribution in [0.1, 0.15) is 49.0 Å². The Hall–Kier alpha value is -3.42. The Morgan fingerprint density at radius 2 is 1.71 bits per heavy atom. The molecule has 182 valence electrons. The van der Waals surface area contributed by atoms with Gasteiger partial charge in [-0.25, -0.2) is 9.18 Å². The minimum atomic E-state index is -0.647. The van der Waals surface area contributed by atoms with Gasteiger partial charge in [-0.05, 0) is 75.1 Å². The van der Waals surface area contributed by atoms with Crippen molar-refractivity contribution in [3.63, 3.8) is 0 Å². The third-order valence-electron chi connectivity index (χ3n) is 6.00. The number of halogens is 1. The second-order valence-electron chi connectivity index (χ2n) is 8.70. The fraction of sp³-hybridized carbons (Fsp3) is 0.423. The third kappa shape index (κ3) is 6.79. The van der Waals surface area contributed by atoms with Crippen molar-refractivity contribution in [3.8, 4) is 5.75 Å².